The van der Waals surface area contributed by atoms with Crippen LogP contribution in [0.3, 0.4) is 0 Å². The van der Waals surface area contributed by atoms with Gasteiger partial charge in [-0.15, -0.1) is 11.3 Å². The van der Waals surface area contributed by atoms with Gasteiger partial charge in [-0.1, -0.05) is 0 Å². The maximum absolute atomic E-state index is 13.3. The van der Waals surface area contributed by atoms with Gasteiger partial charge in [0, 0.05) is 19.0 Å². The predicted octanol–water partition coefficient (Wildman–Crippen LogP) is 4.63. The summed E-state index contributed by atoms with van der Waals surface area (Å²) in [6.45, 7) is 2.43. The topological polar surface area (TPSA) is 64.2 Å². The Labute approximate surface area is 168 Å². The zero-order valence-corrected chi connectivity index (χ0v) is 17.5. The molecule has 4 aromatic rings. The highest BCUT2D eigenvalue weighted by molar-refractivity contribution is 9.11. The quantitative estimate of drug-likeness (QED) is 0.460. The molecule has 0 bridgehead atoms. The van der Waals surface area contributed by atoms with Crippen molar-refractivity contribution >= 4 is 44.2 Å². The van der Waals surface area contributed by atoms with Gasteiger partial charge in [-0.25, -0.2) is 4.98 Å². The van der Waals surface area contributed by atoms with Crippen LogP contribution in [0.1, 0.15) is 20.9 Å². The van der Waals surface area contributed by atoms with Gasteiger partial charge in [0.15, 0.2) is 11.4 Å². The summed E-state index contributed by atoms with van der Waals surface area (Å²) < 4.78 is 8.24. The van der Waals surface area contributed by atoms with Crippen molar-refractivity contribution in [1.82, 2.24) is 19.7 Å². The Morgan fingerprint density at radius 3 is 2.85 bits per heavy atom. The summed E-state index contributed by atoms with van der Waals surface area (Å²) in [5.41, 5.74) is 2.64. The largest absolute Gasteiger partial charge is 0.463 e. The normalized spacial score (nSPS) is 11.3. The molecule has 0 radical (unpaired) electrons. The Balaban J connectivity index is 1.80. The van der Waals surface area contributed by atoms with Crippen molar-refractivity contribution in [3.8, 4) is 11.5 Å². The van der Waals surface area contributed by atoms with Gasteiger partial charge < -0.3 is 9.32 Å². The molecule has 0 unspecified atom stereocenters. The van der Waals surface area contributed by atoms with Gasteiger partial charge in [0.25, 0.3) is 5.91 Å². The molecule has 0 aliphatic carbocycles. The summed E-state index contributed by atoms with van der Waals surface area (Å²) in [4.78, 5) is 20.8. The molecule has 0 aliphatic heterocycles. The smallest absolute Gasteiger partial charge is 0.254 e. The number of carbonyl (C=O) groups is 1. The molecule has 0 aromatic carbocycles. The second kappa shape index (κ2) is 6.94. The van der Waals surface area contributed by atoms with Crippen LogP contribution in [0.25, 0.3) is 22.5 Å². The van der Waals surface area contributed by atoms with E-state index >= 15 is 0 Å². The summed E-state index contributed by atoms with van der Waals surface area (Å²) in [6, 6.07) is 9.43. The van der Waals surface area contributed by atoms with Gasteiger partial charge in [0.2, 0.25) is 0 Å². The highest BCUT2D eigenvalue weighted by atomic mass is 79.9. The molecule has 0 aliphatic rings. The van der Waals surface area contributed by atoms with E-state index in [1.54, 1.807) is 46.4 Å². The summed E-state index contributed by atoms with van der Waals surface area (Å²) >= 11 is 5.09. The van der Waals surface area contributed by atoms with E-state index in [0.29, 0.717) is 29.2 Å². The average molecular weight is 445 g/mol. The lowest BCUT2D eigenvalue weighted by Gasteiger charge is -2.17. The monoisotopic (exact) mass is 444 g/mol. The molecular formula is C19H17BrN4O2S. The minimum Gasteiger partial charge on any atom is -0.463 e. The van der Waals surface area contributed by atoms with E-state index in [4.69, 9.17) is 4.42 Å². The Morgan fingerprint density at radius 2 is 2.19 bits per heavy atom. The number of rotatable bonds is 4. The van der Waals surface area contributed by atoms with Gasteiger partial charge in [0.1, 0.15) is 5.69 Å². The first-order valence-corrected chi connectivity index (χ1v) is 9.93. The molecule has 0 saturated carbocycles. The van der Waals surface area contributed by atoms with Crippen LogP contribution in [0.2, 0.25) is 0 Å². The van der Waals surface area contributed by atoms with Gasteiger partial charge in [-0.2, -0.15) is 5.10 Å². The number of fused-ring (bicyclic) bond motifs is 1. The van der Waals surface area contributed by atoms with Crippen LogP contribution in [0.15, 0.2) is 44.8 Å². The molecule has 4 aromatic heterocycles. The van der Waals surface area contributed by atoms with E-state index in [1.807, 2.05) is 32.2 Å². The van der Waals surface area contributed by atoms with Gasteiger partial charge in [0.05, 0.1) is 33.2 Å². The third-order valence-corrected chi connectivity index (χ3v) is 5.95. The number of aryl methyl sites for hydroxylation is 2. The first-order valence-electron chi connectivity index (χ1n) is 8.32. The van der Waals surface area contributed by atoms with Crippen LogP contribution in [0, 0.1) is 6.92 Å². The molecule has 0 fully saturated rings. The summed E-state index contributed by atoms with van der Waals surface area (Å²) in [6.07, 6.45) is 1.60. The molecule has 1 amide bonds. The minimum atomic E-state index is -0.0733. The number of furan rings is 1. The summed E-state index contributed by atoms with van der Waals surface area (Å²) in [7, 11) is 3.63. The lowest BCUT2D eigenvalue weighted by Crippen LogP contribution is -2.26. The van der Waals surface area contributed by atoms with E-state index in [0.717, 1.165) is 19.7 Å². The molecule has 4 heterocycles. The van der Waals surface area contributed by atoms with Crippen LogP contribution >= 0.6 is 27.3 Å². The highest BCUT2D eigenvalue weighted by Gasteiger charge is 2.22. The third kappa shape index (κ3) is 3.30. The van der Waals surface area contributed by atoms with Crippen LogP contribution in [-0.2, 0) is 13.6 Å². The number of carbonyl (C=O) groups excluding carboxylic acids is 1. The first kappa shape index (κ1) is 17.9. The Hall–Kier alpha value is -2.45. The fourth-order valence-corrected chi connectivity index (χ4v) is 4.65. The molecule has 0 atom stereocenters. The number of nitrogens with zero attached hydrogens (tertiary/aromatic N) is 4. The van der Waals surface area contributed by atoms with Crippen LogP contribution in [-0.4, -0.2) is 32.6 Å². The molecule has 4 rings (SSSR count). The van der Waals surface area contributed by atoms with Gasteiger partial charge >= 0.3 is 0 Å². The maximum Gasteiger partial charge on any atom is 0.254 e. The number of aromatic nitrogens is 3. The highest BCUT2D eigenvalue weighted by Crippen LogP contribution is 2.29. The van der Waals surface area contributed by atoms with Crippen molar-refractivity contribution < 1.29 is 9.21 Å². The number of hydrogen-bond acceptors (Lipinski definition) is 5. The van der Waals surface area contributed by atoms with Crippen molar-refractivity contribution in [2.75, 3.05) is 7.05 Å². The van der Waals surface area contributed by atoms with E-state index in [-0.39, 0.29) is 5.91 Å². The van der Waals surface area contributed by atoms with Gasteiger partial charge in [-0.3, -0.25) is 9.48 Å². The fourth-order valence-electron chi connectivity index (χ4n) is 3.11. The molecule has 0 saturated heterocycles. The fraction of sp³-hybridized carbons (Fsp3) is 0.211. The minimum absolute atomic E-state index is 0.0733. The molecule has 0 spiro atoms. The molecule has 0 N–H and O–H groups in total. The molecule has 6 nitrogen and oxygen atoms in total. The summed E-state index contributed by atoms with van der Waals surface area (Å²) in [5, 5.41) is 5.23. The van der Waals surface area contributed by atoms with E-state index in [1.165, 1.54) is 0 Å². The molecule has 138 valence electrons. The van der Waals surface area contributed by atoms with E-state index in [9.17, 15) is 4.79 Å². The molecule has 8 heteroatoms. The predicted molar refractivity (Wildman–Crippen MR) is 109 cm³/mol. The first-order chi connectivity index (χ1) is 12.9. The zero-order chi connectivity index (χ0) is 19.1. The number of halogens is 1. The molecular weight excluding hydrogens is 428 g/mol. The maximum atomic E-state index is 13.3. The number of thiophene rings is 1. The second-order valence-corrected chi connectivity index (χ2v) is 8.85. The van der Waals surface area contributed by atoms with Crippen LogP contribution in [0.5, 0.6) is 0 Å². The van der Waals surface area contributed by atoms with Crippen molar-refractivity contribution in [2.45, 2.75) is 13.5 Å². The Morgan fingerprint density at radius 1 is 1.37 bits per heavy atom. The van der Waals surface area contributed by atoms with Crippen molar-refractivity contribution in [3.05, 3.63) is 56.5 Å². The van der Waals surface area contributed by atoms with Crippen molar-refractivity contribution in [3.63, 3.8) is 0 Å². The van der Waals surface area contributed by atoms with Crippen molar-refractivity contribution in [2.24, 2.45) is 7.05 Å². The number of pyridine rings is 1. The number of amides is 1. The van der Waals surface area contributed by atoms with E-state index < -0.39 is 0 Å². The standard InChI is InChI=1S/C19H17BrN4O2S/c1-11-17-13(19(25)23(2)10-12-6-7-16(20)27-12)9-14(15-5-4-8-26-15)21-18(17)24(3)22-11/h4-9H,10H2,1-3H3. The SMILES string of the molecule is Cc1nn(C)c2nc(-c3ccco3)cc(C(=O)N(C)Cc3ccc(Br)s3)c12. The van der Waals surface area contributed by atoms with Crippen LogP contribution < -0.4 is 0 Å². The second-order valence-electron chi connectivity index (χ2n) is 6.31. The lowest BCUT2D eigenvalue weighted by molar-refractivity contribution is 0.0788. The Kier molecular flexibility index (Phi) is 4.61. The zero-order valence-electron chi connectivity index (χ0n) is 15.1. The Bertz CT molecular complexity index is 1130. The average Bonchev–Trinajstić information content (AvgIpc) is 3.36. The van der Waals surface area contributed by atoms with Crippen LogP contribution in [0.4, 0.5) is 0 Å². The summed E-state index contributed by atoms with van der Waals surface area (Å²) in [5.74, 6) is 0.547. The number of hydrogen-bond donors (Lipinski definition) is 0. The van der Waals surface area contributed by atoms with Gasteiger partial charge in [-0.05, 0) is 53.2 Å². The molecule has 27 heavy (non-hydrogen) atoms. The van der Waals surface area contributed by atoms with E-state index in [2.05, 4.69) is 26.0 Å². The third-order valence-electron chi connectivity index (χ3n) is 4.34. The van der Waals surface area contributed by atoms with Crippen molar-refractivity contribution in [1.29, 1.82) is 0 Å². The lowest BCUT2D eigenvalue weighted by atomic mass is 10.1.